The predicted octanol–water partition coefficient (Wildman–Crippen LogP) is 3.70. The summed E-state index contributed by atoms with van der Waals surface area (Å²) in [6, 6.07) is 5.70. The highest BCUT2D eigenvalue weighted by Gasteiger charge is 2.14. The van der Waals surface area contributed by atoms with Gasteiger partial charge in [-0.1, -0.05) is 24.6 Å². The lowest BCUT2D eigenvalue weighted by Crippen LogP contribution is -2.09. The first-order chi connectivity index (χ1) is 10.1. The molecule has 0 aliphatic rings. The molecule has 0 saturated heterocycles. The van der Waals surface area contributed by atoms with Crippen molar-refractivity contribution in [2.75, 3.05) is 7.05 Å². The third kappa shape index (κ3) is 3.59. The lowest BCUT2D eigenvalue weighted by atomic mass is 10.2. The number of nitrogens with zero attached hydrogens (tertiary/aromatic N) is 2. The van der Waals surface area contributed by atoms with Crippen LogP contribution in [0, 0.1) is 0 Å². The van der Waals surface area contributed by atoms with E-state index in [9.17, 15) is 0 Å². The molecule has 0 amide bonds. The van der Waals surface area contributed by atoms with Crippen LogP contribution in [0.1, 0.15) is 23.9 Å². The second kappa shape index (κ2) is 7.29. The van der Waals surface area contributed by atoms with Crippen LogP contribution in [0.5, 0.6) is 5.75 Å². The second-order valence-electron chi connectivity index (χ2n) is 4.72. The lowest BCUT2D eigenvalue weighted by Gasteiger charge is -2.13. The number of hydrogen-bond acceptors (Lipinski definition) is 3. The molecule has 0 fully saturated rings. The van der Waals surface area contributed by atoms with E-state index in [0.29, 0.717) is 18.2 Å². The highest BCUT2D eigenvalue weighted by Crippen LogP contribution is 2.28. The summed E-state index contributed by atoms with van der Waals surface area (Å²) in [7, 11) is 3.81. The zero-order chi connectivity index (χ0) is 15.4. The minimum Gasteiger partial charge on any atom is -0.487 e. The molecule has 0 unspecified atom stereocenters. The van der Waals surface area contributed by atoms with Crippen molar-refractivity contribution in [1.82, 2.24) is 15.1 Å². The molecular formula is C15H19BrClN3O. The maximum atomic E-state index is 6.23. The lowest BCUT2D eigenvalue weighted by molar-refractivity contribution is 0.290. The Labute approximate surface area is 138 Å². The Morgan fingerprint density at radius 1 is 1.43 bits per heavy atom. The van der Waals surface area contributed by atoms with Crippen molar-refractivity contribution in [3.8, 4) is 5.75 Å². The molecule has 4 nitrogen and oxygen atoms in total. The average molecular weight is 373 g/mol. The quantitative estimate of drug-likeness (QED) is 0.840. The predicted molar refractivity (Wildman–Crippen MR) is 88.8 cm³/mol. The topological polar surface area (TPSA) is 39.1 Å². The van der Waals surface area contributed by atoms with Crippen LogP contribution in [-0.2, 0) is 26.6 Å². The number of aromatic nitrogens is 2. The monoisotopic (exact) mass is 371 g/mol. The summed E-state index contributed by atoms with van der Waals surface area (Å²) >= 11 is 9.83. The van der Waals surface area contributed by atoms with Gasteiger partial charge in [0.25, 0.3) is 0 Å². The zero-order valence-corrected chi connectivity index (χ0v) is 14.8. The molecule has 6 heteroatoms. The van der Waals surface area contributed by atoms with E-state index in [4.69, 9.17) is 16.3 Å². The van der Waals surface area contributed by atoms with E-state index >= 15 is 0 Å². The van der Waals surface area contributed by atoms with E-state index in [1.165, 1.54) is 0 Å². The second-order valence-corrected chi connectivity index (χ2v) is 5.92. The minimum absolute atomic E-state index is 0.446. The van der Waals surface area contributed by atoms with Gasteiger partial charge in [0.2, 0.25) is 0 Å². The van der Waals surface area contributed by atoms with E-state index in [-0.39, 0.29) is 0 Å². The molecule has 1 heterocycles. The van der Waals surface area contributed by atoms with Crippen molar-refractivity contribution < 1.29 is 4.74 Å². The maximum Gasteiger partial charge on any atom is 0.131 e. The van der Waals surface area contributed by atoms with E-state index in [1.807, 2.05) is 37.0 Å². The Morgan fingerprint density at radius 3 is 2.81 bits per heavy atom. The third-order valence-corrected chi connectivity index (χ3v) is 4.57. The van der Waals surface area contributed by atoms with Crippen LogP contribution in [-0.4, -0.2) is 16.8 Å². The van der Waals surface area contributed by atoms with Gasteiger partial charge in [0.1, 0.15) is 12.4 Å². The molecule has 0 atom stereocenters. The molecule has 21 heavy (non-hydrogen) atoms. The van der Waals surface area contributed by atoms with Gasteiger partial charge in [0.15, 0.2) is 0 Å². The van der Waals surface area contributed by atoms with Crippen molar-refractivity contribution in [1.29, 1.82) is 0 Å². The smallest absolute Gasteiger partial charge is 0.131 e. The van der Waals surface area contributed by atoms with Crippen molar-refractivity contribution in [3.05, 3.63) is 44.6 Å². The Morgan fingerprint density at radius 2 is 2.19 bits per heavy atom. The van der Waals surface area contributed by atoms with E-state index in [2.05, 4.69) is 33.3 Å². The molecule has 1 N–H and O–H groups in total. The number of nitrogens with one attached hydrogen (secondary N) is 1. The van der Waals surface area contributed by atoms with Gasteiger partial charge in [-0.2, -0.15) is 5.10 Å². The van der Waals surface area contributed by atoms with Crippen LogP contribution >= 0.6 is 27.5 Å². The van der Waals surface area contributed by atoms with Crippen molar-refractivity contribution >= 4 is 27.5 Å². The molecule has 114 valence electrons. The average Bonchev–Trinajstić information content (AvgIpc) is 2.74. The van der Waals surface area contributed by atoms with E-state index in [1.54, 1.807) is 0 Å². The minimum atomic E-state index is 0.446. The van der Waals surface area contributed by atoms with Gasteiger partial charge in [-0.05, 0) is 41.5 Å². The molecule has 0 bridgehead atoms. The van der Waals surface area contributed by atoms with Crippen LogP contribution in [0.15, 0.2) is 22.7 Å². The summed E-state index contributed by atoms with van der Waals surface area (Å²) in [5, 5.41) is 8.29. The Bertz CT molecular complexity index is 628. The van der Waals surface area contributed by atoms with Crippen LogP contribution in [0.2, 0.25) is 5.02 Å². The fourth-order valence-electron chi connectivity index (χ4n) is 2.15. The molecule has 1 aromatic heterocycles. The molecular weight excluding hydrogens is 354 g/mol. The summed E-state index contributed by atoms with van der Waals surface area (Å²) in [5.41, 5.74) is 3.02. The largest absolute Gasteiger partial charge is 0.487 e. The number of aryl methyl sites for hydroxylation is 2. The molecule has 0 aliphatic carbocycles. The van der Waals surface area contributed by atoms with Crippen molar-refractivity contribution in [3.63, 3.8) is 0 Å². The Hall–Kier alpha value is -1.04. The highest BCUT2D eigenvalue weighted by molar-refractivity contribution is 9.10. The summed E-state index contributed by atoms with van der Waals surface area (Å²) in [4.78, 5) is 0. The molecule has 0 aliphatic heterocycles. The van der Waals surface area contributed by atoms with Gasteiger partial charge < -0.3 is 10.1 Å². The summed E-state index contributed by atoms with van der Waals surface area (Å²) in [5.74, 6) is 0.794. The first-order valence-corrected chi connectivity index (χ1v) is 8.00. The molecule has 0 saturated carbocycles. The van der Waals surface area contributed by atoms with Gasteiger partial charge in [-0.25, -0.2) is 0 Å². The molecule has 0 radical (unpaired) electrons. The molecule has 2 rings (SSSR count). The zero-order valence-electron chi connectivity index (χ0n) is 12.4. The number of halogens is 2. The van der Waals surface area contributed by atoms with Crippen LogP contribution < -0.4 is 10.1 Å². The van der Waals surface area contributed by atoms with Crippen LogP contribution in [0.25, 0.3) is 0 Å². The van der Waals surface area contributed by atoms with Gasteiger partial charge in [-0.15, -0.1) is 0 Å². The first kappa shape index (κ1) is 16.3. The normalized spacial score (nSPS) is 10.9. The van der Waals surface area contributed by atoms with Crippen LogP contribution in [0.3, 0.4) is 0 Å². The van der Waals surface area contributed by atoms with Crippen LogP contribution in [0.4, 0.5) is 0 Å². The Balaban J connectivity index is 2.21. The van der Waals surface area contributed by atoms with Crippen molar-refractivity contribution in [2.45, 2.75) is 26.5 Å². The standard InChI is InChI=1S/C15H19BrClN3O/c1-4-12-15(16)13(20(3)19-12)9-21-14-7-5-6-11(17)10(14)8-18-2/h5-7,18H,4,8-9H2,1-3H3. The molecule has 1 aromatic carbocycles. The summed E-state index contributed by atoms with van der Waals surface area (Å²) in [6.45, 7) is 3.20. The number of benzene rings is 1. The van der Waals surface area contributed by atoms with Gasteiger partial charge in [-0.3, -0.25) is 4.68 Å². The summed E-state index contributed by atoms with van der Waals surface area (Å²) in [6.07, 6.45) is 0.886. The van der Waals surface area contributed by atoms with E-state index in [0.717, 1.165) is 33.6 Å². The SMILES string of the molecule is CCc1nn(C)c(COc2cccc(Cl)c2CNC)c1Br. The number of rotatable bonds is 6. The van der Waals surface area contributed by atoms with Gasteiger partial charge >= 0.3 is 0 Å². The highest BCUT2D eigenvalue weighted by atomic mass is 79.9. The third-order valence-electron chi connectivity index (χ3n) is 3.30. The van der Waals surface area contributed by atoms with E-state index < -0.39 is 0 Å². The molecule has 0 spiro atoms. The number of ether oxygens (including phenoxy) is 1. The fraction of sp³-hybridized carbons (Fsp3) is 0.400. The van der Waals surface area contributed by atoms with Gasteiger partial charge in [0, 0.05) is 24.2 Å². The summed E-state index contributed by atoms with van der Waals surface area (Å²) < 4.78 is 8.83. The van der Waals surface area contributed by atoms with Crippen molar-refractivity contribution in [2.24, 2.45) is 7.05 Å². The van der Waals surface area contributed by atoms with Gasteiger partial charge in [0.05, 0.1) is 15.9 Å². The maximum absolute atomic E-state index is 6.23. The fourth-order valence-corrected chi connectivity index (χ4v) is 3.11. The Kier molecular flexibility index (Phi) is 5.67. The first-order valence-electron chi connectivity index (χ1n) is 6.83. The number of hydrogen-bond donors (Lipinski definition) is 1. The molecule has 2 aromatic rings.